The summed E-state index contributed by atoms with van der Waals surface area (Å²) in [4.78, 5) is 2.97. The van der Waals surface area contributed by atoms with Gasteiger partial charge in [0.15, 0.2) is 4.77 Å². The number of fused-ring (bicyclic) bond motifs is 1. The van der Waals surface area contributed by atoms with Gasteiger partial charge in [0.25, 0.3) is 0 Å². The molecule has 0 amide bonds. The summed E-state index contributed by atoms with van der Waals surface area (Å²) in [5, 5.41) is 0.733. The Balaban J connectivity index is 2.17. The highest BCUT2D eigenvalue weighted by Gasteiger charge is 2.10. The highest BCUT2D eigenvalue weighted by molar-refractivity contribution is 7.71. The van der Waals surface area contributed by atoms with Crippen LogP contribution >= 0.6 is 35.4 Å². The van der Waals surface area contributed by atoms with E-state index in [0.29, 0.717) is 21.9 Å². The molecule has 0 saturated carbocycles. The van der Waals surface area contributed by atoms with Gasteiger partial charge in [-0.15, -0.1) is 0 Å². The molecule has 1 aromatic heterocycles. The van der Waals surface area contributed by atoms with Crippen molar-refractivity contribution in [3.8, 4) is 0 Å². The number of hydrogen-bond acceptors (Lipinski definition) is 1. The SMILES string of the molecule is Fc1cc2[nH]c(=S)n(Cc3ccccc3Cl)c2cc1Cl. The molecule has 0 spiro atoms. The van der Waals surface area contributed by atoms with Gasteiger partial charge in [-0.25, -0.2) is 4.39 Å². The molecule has 0 aliphatic carbocycles. The number of H-pyrrole nitrogens is 1. The zero-order valence-corrected chi connectivity index (χ0v) is 12.5. The van der Waals surface area contributed by atoms with Crippen LogP contribution in [0.2, 0.25) is 10.0 Å². The Morgan fingerprint density at radius 3 is 2.65 bits per heavy atom. The standard InChI is InChI=1S/C14H9Cl2FN2S/c15-9-4-2-1-3-8(9)7-19-13-5-10(16)11(17)6-12(13)18-14(19)20/h1-6H,7H2,(H,18,20). The molecule has 0 aliphatic rings. The van der Waals surface area contributed by atoms with Gasteiger partial charge >= 0.3 is 0 Å². The Labute approximate surface area is 129 Å². The van der Waals surface area contributed by atoms with E-state index in [0.717, 1.165) is 11.1 Å². The minimum absolute atomic E-state index is 0.0689. The largest absolute Gasteiger partial charge is 0.330 e. The van der Waals surface area contributed by atoms with Gasteiger partial charge in [0.05, 0.1) is 22.6 Å². The number of aromatic amines is 1. The molecule has 3 aromatic rings. The third kappa shape index (κ3) is 2.35. The molecule has 1 heterocycles. The number of halogens is 3. The summed E-state index contributed by atoms with van der Waals surface area (Å²) >= 11 is 17.3. The van der Waals surface area contributed by atoms with Gasteiger partial charge < -0.3 is 9.55 Å². The van der Waals surface area contributed by atoms with Gasteiger partial charge in [-0.3, -0.25) is 0 Å². The van der Waals surface area contributed by atoms with Crippen LogP contribution in [0.4, 0.5) is 4.39 Å². The molecular formula is C14H9Cl2FN2S. The zero-order valence-electron chi connectivity index (χ0n) is 10.2. The topological polar surface area (TPSA) is 20.7 Å². The van der Waals surface area contributed by atoms with E-state index in [1.807, 2.05) is 28.8 Å². The van der Waals surface area contributed by atoms with Gasteiger partial charge in [-0.2, -0.15) is 0 Å². The predicted octanol–water partition coefficient (Wildman–Crippen LogP) is 5.19. The van der Waals surface area contributed by atoms with Crippen LogP contribution < -0.4 is 0 Å². The Kier molecular flexibility index (Phi) is 3.54. The van der Waals surface area contributed by atoms with Gasteiger partial charge in [0, 0.05) is 11.1 Å². The molecule has 0 radical (unpaired) electrons. The van der Waals surface area contributed by atoms with Crippen molar-refractivity contribution in [1.29, 1.82) is 0 Å². The number of hydrogen-bond donors (Lipinski definition) is 1. The van der Waals surface area contributed by atoms with E-state index < -0.39 is 5.82 Å². The molecule has 3 rings (SSSR count). The monoisotopic (exact) mass is 326 g/mol. The van der Waals surface area contributed by atoms with Crippen molar-refractivity contribution < 1.29 is 4.39 Å². The quantitative estimate of drug-likeness (QED) is 0.642. The van der Waals surface area contributed by atoms with Crippen LogP contribution in [0.1, 0.15) is 5.56 Å². The molecule has 20 heavy (non-hydrogen) atoms. The molecule has 0 atom stereocenters. The lowest BCUT2D eigenvalue weighted by molar-refractivity contribution is 0.629. The second-order valence-electron chi connectivity index (χ2n) is 4.39. The summed E-state index contributed by atoms with van der Waals surface area (Å²) in [6.45, 7) is 0.500. The van der Waals surface area contributed by atoms with Crippen LogP contribution in [0, 0.1) is 10.6 Å². The Morgan fingerprint density at radius 2 is 1.90 bits per heavy atom. The van der Waals surface area contributed by atoms with Gasteiger partial charge in [0.1, 0.15) is 5.82 Å². The Morgan fingerprint density at radius 1 is 1.15 bits per heavy atom. The molecule has 0 fully saturated rings. The predicted molar refractivity (Wildman–Crippen MR) is 82.6 cm³/mol. The van der Waals surface area contributed by atoms with Crippen molar-refractivity contribution in [2.75, 3.05) is 0 Å². The van der Waals surface area contributed by atoms with Crippen molar-refractivity contribution in [3.05, 3.63) is 62.6 Å². The molecule has 102 valence electrons. The fourth-order valence-electron chi connectivity index (χ4n) is 2.11. The lowest BCUT2D eigenvalue weighted by Crippen LogP contribution is -2.00. The number of nitrogens with zero attached hydrogens (tertiary/aromatic N) is 1. The average Bonchev–Trinajstić information content (AvgIpc) is 2.69. The Bertz CT molecular complexity index is 854. The van der Waals surface area contributed by atoms with Crippen LogP contribution in [0.5, 0.6) is 0 Å². The molecule has 0 saturated heterocycles. The first-order chi connectivity index (χ1) is 9.56. The number of aromatic nitrogens is 2. The highest BCUT2D eigenvalue weighted by atomic mass is 35.5. The maximum absolute atomic E-state index is 13.5. The second kappa shape index (κ2) is 5.20. The molecule has 1 N–H and O–H groups in total. The summed E-state index contributed by atoms with van der Waals surface area (Å²) in [6, 6.07) is 10.4. The highest BCUT2D eigenvalue weighted by Crippen LogP contribution is 2.25. The normalized spacial score (nSPS) is 11.2. The lowest BCUT2D eigenvalue weighted by Gasteiger charge is -2.07. The molecule has 2 nitrogen and oxygen atoms in total. The van der Waals surface area contributed by atoms with Crippen molar-refractivity contribution >= 4 is 46.5 Å². The van der Waals surface area contributed by atoms with E-state index in [1.54, 1.807) is 6.07 Å². The van der Waals surface area contributed by atoms with Crippen molar-refractivity contribution in [1.82, 2.24) is 9.55 Å². The molecule has 0 unspecified atom stereocenters. The first kappa shape index (κ1) is 13.6. The maximum atomic E-state index is 13.5. The van der Waals surface area contributed by atoms with Crippen molar-refractivity contribution in [2.45, 2.75) is 6.54 Å². The Hall–Kier alpha value is -1.36. The number of rotatable bonds is 2. The number of nitrogens with one attached hydrogen (secondary N) is 1. The van der Waals surface area contributed by atoms with E-state index >= 15 is 0 Å². The van der Waals surface area contributed by atoms with Gasteiger partial charge in [0.2, 0.25) is 0 Å². The third-order valence-corrected chi connectivity index (χ3v) is 4.08. The van der Waals surface area contributed by atoms with Gasteiger partial charge in [-0.1, -0.05) is 41.4 Å². The van der Waals surface area contributed by atoms with E-state index in [2.05, 4.69) is 4.98 Å². The first-order valence-corrected chi connectivity index (χ1v) is 7.03. The molecule has 0 bridgehead atoms. The van der Waals surface area contributed by atoms with E-state index in [1.165, 1.54) is 6.07 Å². The minimum Gasteiger partial charge on any atom is -0.330 e. The summed E-state index contributed by atoms with van der Waals surface area (Å²) in [7, 11) is 0. The van der Waals surface area contributed by atoms with Crippen LogP contribution in [-0.4, -0.2) is 9.55 Å². The van der Waals surface area contributed by atoms with E-state index in [-0.39, 0.29) is 5.02 Å². The molecule has 0 aliphatic heterocycles. The zero-order chi connectivity index (χ0) is 14.3. The average molecular weight is 327 g/mol. The van der Waals surface area contributed by atoms with Crippen molar-refractivity contribution in [2.24, 2.45) is 0 Å². The van der Waals surface area contributed by atoms with Crippen LogP contribution in [-0.2, 0) is 6.54 Å². The van der Waals surface area contributed by atoms with Gasteiger partial charge in [-0.05, 0) is 29.9 Å². The van der Waals surface area contributed by atoms with Crippen LogP contribution in [0.3, 0.4) is 0 Å². The lowest BCUT2D eigenvalue weighted by atomic mass is 10.2. The first-order valence-electron chi connectivity index (χ1n) is 5.87. The molecule has 2 aromatic carbocycles. The summed E-state index contributed by atoms with van der Waals surface area (Å²) in [5.74, 6) is -0.472. The number of benzene rings is 2. The summed E-state index contributed by atoms with van der Waals surface area (Å²) < 4.78 is 15.8. The summed E-state index contributed by atoms with van der Waals surface area (Å²) in [5.41, 5.74) is 2.30. The van der Waals surface area contributed by atoms with E-state index in [4.69, 9.17) is 35.4 Å². The second-order valence-corrected chi connectivity index (χ2v) is 5.59. The minimum atomic E-state index is -0.472. The fraction of sp³-hybridized carbons (Fsp3) is 0.0714. The smallest absolute Gasteiger partial charge is 0.178 e. The third-order valence-electron chi connectivity index (χ3n) is 3.10. The molecule has 6 heteroatoms. The number of imidazole rings is 1. The summed E-state index contributed by atoms with van der Waals surface area (Å²) in [6.07, 6.45) is 0. The maximum Gasteiger partial charge on any atom is 0.178 e. The van der Waals surface area contributed by atoms with Crippen molar-refractivity contribution in [3.63, 3.8) is 0 Å². The van der Waals surface area contributed by atoms with E-state index in [9.17, 15) is 4.39 Å². The van der Waals surface area contributed by atoms with Crippen LogP contribution in [0.15, 0.2) is 36.4 Å². The fourth-order valence-corrected chi connectivity index (χ4v) is 2.73. The molecular weight excluding hydrogens is 318 g/mol. The van der Waals surface area contributed by atoms with Crippen LogP contribution in [0.25, 0.3) is 11.0 Å².